The van der Waals surface area contributed by atoms with Gasteiger partial charge in [-0.25, -0.2) is 4.98 Å². The van der Waals surface area contributed by atoms with Crippen LogP contribution in [-0.4, -0.2) is 29.9 Å². The molecule has 1 heterocycles. The summed E-state index contributed by atoms with van der Waals surface area (Å²) in [6.07, 6.45) is 14.0. The Labute approximate surface area is 254 Å². The Morgan fingerprint density at radius 3 is 2.38 bits per heavy atom. The summed E-state index contributed by atoms with van der Waals surface area (Å²) in [5.41, 5.74) is 4.53. The maximum Gasteiger partial charge on any atom is 0.229 e. The van der Waals surface area contributed by atoms with Gasteiger partial charge >= 0.3 is 0 Å². The monoisotopic (exact) mass is 585 g/mol. The number of nitrogens with one attached hydrogen (secondary N) is 2. The summed E-state index contributed by atoms with van der Waals surface area (Å²) in [5, 5.41) is 8.05. The Morgan fingerprint density at radius 1 is 0.929 bits per heavy atom. The van der Waals surface area contributed by atoms with Crippen molar-refractivity contribution in [3.05, 3.63) is 100 Å². The highest BCUT2D eigenvalue weighted by atomic mass is 32.1. The van der Waals surface area contributed by atoms with E-state index in [1.165, 1.54) is 22.5 Å². The summed E-state index contributed by atoms with van der Waals surface area (Å²) in [6.45, 7) is 6.58. The minimum absolute atomic E-state index is 0.0157. The van der Waals surface area contributed by atoms with Crippen molar-refractivity contribution in [2.24, 2.45) is 11.8 Å². The number of hydrogen-bond donors (Lipinski definition) is 2. The normalized spacial score (nSPS) is 18.2. The Hall–Kier alpha value is -3.71. The van der Waals surface area contributed by atoms with Crippen molar-refractivity contribution in [3.63, 3.8) is 0 Å². The molecule has 3 unspecified atom stereocenters. The van der Waals surface area contributed by atoms with E-state index in [2.05, 4.69) is 66.7 Å². The second kappa shape index (κ2) is 15.5. The van der Waals surface area contributed by atoms with Gasteiger partial charge in [0.05, 0.1) is 37.2 Å². The minimum Gasteiger partial charge on any atom is -0.496 e. The van der Waals surface area contributed by atoms with Crippen LogP contribution in [0.4, 0.5) is 5.00 Å². The molecule has 6 nitrogen and oxygen atoms in total. The quantitative estimate of drug-likeness (QED) is 0.210. The molecule has 42 heavy (non-hydrogen) atoms. The van der Waals surface area contributed by atoms with Crippen molar-refractivity contribution in [1.82, 2.24) is 10.3 Å². The molecule has 2 amide bonds. The Balaban J connectivity index is 1.22. The summed E-state index contributed by atoms with van der Waals surface area (Å²) in [6, 6.07) is 15.8. The number of aryl methyl sites for hydroxylation is 2. The molecule has 1 aliphatic carbocycles. The number of allylic oxidation sites excluding steroid dienone is 3. The van der Waals surface area contributed by atoms with Crippen molar-refractivity contribution < 1.29 is 14.3 Å². The number of amides is 2. The molecule has 1 aromatic heterocycles. The number of benzene rings is 2. The van der Waals surface area contributed by atoms with E-state index >= 15 is 0 Å². The zero-order valence-electron chi connectivity index (χ0n) is 25.2. The van der Waals surface area contributed by atoms with Gasteiger partial charge in [-0.15, -0.1) is 11.3 Å². The van der Waals surface area contributed by atoms with Gasteiger partial charge in [0.2, 0.25) is 11.8 Å². The molecular formula is C35H43N3O3S. The lowest BCUT2D eigenvalue weighted by Gasteiger charge is -2.25. The molecule has 222 valence electrons. The van der Waals surface area contributed by atoms with Crippen molar-refractivity contribution >= 4 is 28.2 Å². The lowest BCUT2D eigenvalue weighted by atomic mass is 9.89. The number of thiazole rings is 1. The highest BCUT2D eigenvalue weighted by Crippen LogP contribution is 2.27. The number of methoxy groups -OCH3 is 1. The molecule has 0 bridgehead atoms. The first-order chi connectivity index (χ1) is 20.4. The lowest BCUT2D eigenvalue weighted by molar-refractivity contribution is -0.121. The molecule has 3 atom stereocenters. The summed E-state index contributed by atoms with van der Waals surface area (Å²) in [4.78, 5) is 30.0. The summed E-state index contributed by atoms with van der Waals surface area (Å²) in [7, 11) is 1.61. The van der Waals surface area contributed by atoms with Gasteiger partial charge in [0.25, 0.3) is 0 Å². The number of anilines is 1. The fraction of sp³-hybridized carbons (Fsp3) is 0.400. The molecule has 0 aliphatic heterocycles. The van der Waals surface area contributed by atoms with Crippen LogP contribution < -0.4 is 15.4 Å². The van der Waals surface area contributed by atoms with Gasteiger partial charge in [-0.3, -0.25) is 9.59 Å². The minimum atomic E-state index is -0.0783. The molecule has 0 spiro atoms. The van der Waals surface area contributed by atoms with Gasteiger partial charge in [0.15, 0.2) is 0 Å². The third kappa shape index (κ3) is 8.89. The highest BCUT2D eigenvalue weighted by Gasteiger charge is 2.24. The zero-order chi connectivity index (χ0) is 29.9. The third-order valence-electron chi connectivity index (χ3n) is 8.03. The zero-order valence-corrected chi connectivity index (χ0v) is 26.0. The van der Waals surface area contributed by atoms with Gasteiger partial charge in [-0.1, -0.05) is 87.0 Å². The topological polar surface area (TPSA) is 80.3 Å². The van der Waals surface area contributed by atoms with Crippen LogP contribution in [0.1, 0.15) is 61.7 Å². The van der Waals surface area contributed by atoms with Crippen molar-refractivity contribution in [3.8, 4) is 5.75 Å². The fourth-order valence-corrected chi connectivity index (χ4v) is 6.27. The number of para-hydroxylation sites is 1. The number of carbonyl (C=O) groups is 2. The SMILES string of the molecule is CCc1ccccc1CC(=O)NC1C=CC(CCCCc2ncc(NC(=O)Cc3ccccc3OC)s2)=CC(C)C1C. The van der Waals surface area contributed by atoms with Crippen LogP contribution in [-0.2, 0) is 35.3 Å². The number of hydrogen-bond acceptors (Lipinski definition) is 5. The maximum atomic E-state index is 12.9. The number of ether oxygens (including phenoxy) is 1. The van der Waals surface area contributed by atoms with Gasteiger partial charge < -0.3 is 15.4 Å². The Bertz CT molecular complexity index is 1410. The van der Waals surface area contributed by atoms with E-state index in [-0.39, 0.29) is 24.3 Å². The number of unbranched alkanes of at least 4 members (excludes halogenated alkanes) is 1. The van der Waals surface area contributed by atoms with Crippen LogP contribution in [0.25, 0.3) is 0 Å². The van der Waals surface area contributed by atoms with Crippen LogP contribution in [0.15, 0.2) is 78.5 Å². The number of carbonyl (C=O) groups excluding carboxylic acids is 2. The highest BCUT2D eigenvalue weighted by molar-refractivity contribution is 7.15. The number of nitrogens with zero attached hydrogens (tertiary/aromatic N) is 1. The van der Waals surface area contributed by atoms with E-state index in [9.17, 15) is 9.59 Å². The standard InChI is InChI=1S/C35H43N3O3S/c1-5-27-13-7-8-14-28(27)21-32(39)37-30-19-18-26(20-24(2)25(30)3)12-6-11-17-34-36-23-35(42-34)38-33(40)22-29-15-9-10-16-31(29)41-4/h7-10,13-16,18-20,23-25,30H,5-6,11-12,17,21-22H2,1-4H3,(H,37,39)(H,38,40). The Morgan fingerprint density at radius 2 is 1.62 bits per heavy atom. The molecule has 1 aliphatic rings. The predicted molar refractivity (Wildman–Crippen MR) is 172 cm³/mol. The van der Waals surface area contributed by atoms with Crippen LogP contribution >= 0.6 is 11.3 Å². The molecule has 2 N–H and O–H groups in total. The summed E-state index contributed by atoms with van der Waals surface area (Å²) in [5.74, 6) is 1.39. The van der Waals surface area contributed by atoms with E-state index < -0.39 is 0 Å². The molecule has 0 saturated carbocycles. The van der Waals surface area contributed by atoms with Gasteiger partial charge in [0.1, 0.15) is 10.8 Å². The van der Waals surface area contributed by atoms with E-state index in [1.807, 2.05) is 36.4 Å². The van der Waals surface area contributed by atoms with Crippen LogP contribution in [0.3, 0.4) is 0 Å². The van der Waals surface area contributed by atoms with Gasteiger partial charge in [-0.2, -0.15) is 0 Å². The van der Waals surface area contributed by atoms with Crippen LogP contribution in [0, 0.1) is 11.8 Å². The van der Waals surface area contributed by atoms with E-state index in [4.69, 9.17) is 4.74 Å². The first kappa shape index (κ1) is 31.2. The van der Waals surface area contributed by atoms with Crippen molar-refractivity contribution in [2.75, 3.05) is 12.4 Å². The second-order valence-corrected chi connectivity index (χ2v) is 12.2. The number of aromatic nitrogens is 1. The molecule has 4 rings (SSSR count). The van der Waals surface area contributed by atoms with Gasteiger partial charge in [-0.05, 0) is 61.1 Å². The predicted octanol–water partition coefficient (Wildman–Crippen LogP) is 7.10. The fourth-order valence-electron chi connectivity index (χ4n) is 5.40. The van der Waals surface area contributed by atoms with Crippen LogP contribution in [0.2, 0.25) is 0 Å². The second-order valence-electron chi connectivity index (χ2n) is 11.1. The molecule has 2 aromatic carbocycles. The molecule has 3 aromatic rings. The van der Waals surface area contributed by atoms with Gasteiger partial charge in [0, 0.05) is 5.56 Å². The van der Waals surface area contributed by atoms with E-state index in [0.717, 1.165) is 53.2 Å². The lowest BCUT2D eigenvalue weighted by Crippen LogP contribution is -2.40. The number of rotatable bonds is 13. The summed E-state index contributed by atoms with van der Waals surface area (Å²) < 4.78 is 5.35. The largest absolute Gasteiger partial charge is 0.496 e. The molecule has 0 fully saturated rings. The van der Waals surface area contributed by atoms with E-state index in [1.54, 1.807) is 13.3 Å². The molecular weight excluding hydrogens is 542 g/mol. The van der Waals surface area contributed by atoms with Crippen LogP contribution in [0.5, 0.6) is 5.75 Å². The van der Waals surface area contributed by atoms with Crippen molar-refractivity contribution in [1.29, 1.82) is 0 Å². The maximum absolute atomic E-state index is 12.9. The Kier molecular flexibility index (Phi) is 11.5. The smallest absolute Gasteiger partial charge is 0.229 e. The average molecular weight is 586 g/mol. The van der Waals surface area contributed by atoms with E-state index in [0.29, 0.717) is 24.0 Å². The van der Waals surface area contributed by atoms with Crippen molar-refractivity contribution in [2.45, 2.75) is 71.8 Å². The molecule has 0 saturated heterocycles. The first-order valence-corrected chi connectivity index (χ1v) is 15.8. The molecule has 0 radical (unpaired) electrons. The first-order valence-electron chi connectivity index (χ1n) is 15.0. The third-order valence-corrected chi connectivity index (χ3v) is 9.01. The molecule has 7 heteroatoms. The average Bonchev–Trinajstić information content (AvgIpc) is 3.38. The summed E-state index contributed by atoms with van der Waals surface area (Å²) >= 11 is 1.54.